The second-order valence-corrected chi connectivity index (χ2v) is 18.8. The molecule has 0 radical (unpaired) electrons. The minimum Gasteiger partial charge on any atom is -0.462 e. The van der Waals surface area contributed by atoms with Gasteiger partial charge in [0.2, 0.25) is 0 Å². The molecule has 0 heterocycles. The number of carbonyl (C=O) groups is 3. The standard InChI is InChI=1S/C63H106O6/c1-4-7-10-13-16-19-21-23-25-26-27-28-29-30-31-32-33-34-35-36-37-38-39-41-42-44-47-50-53-56-62(65)68-59-60(58-67-61(64)55-52-49-46-18-15-12-9-6-3)69-63(66)57-54-51-48-45-43-40-24-22-20-17-14-11-8-5-2/h7,10,16,19,23,25,27-28,30-31,33-34,36-37,39,41,60H,4-6,8-9,11-15,17-18,20-22,24,26,29,32,35,38,40,42-59H2,1-3H3/b10-7-,19-16-,25-23-,28-27-,31-30-,34-33-,37-36-,41-39-. The summed E-state index contributed by atoms with van der Waals surface area (Å²) in [6.07, 6.45) is 75.6. The first kappa shape index (κ1) is 65.3. The number of carbonyl (C=O) groups excluding carboxylic acids is 3. The molecule has 0 aliphatic carbocycles. The third-order valence-corrected chi connectivity index (χ3v) is 12.1. The summed E-state index contributed by atoms with van der Waals surface area (Å²) in [5, 5.41) is 0. The zero-order valence-electron chi connectivity index (χ0n) is 45.0. The van der Waals surface area contributed by atoms with Gasteiger partial charge in [0.1, 0.15) is 13.2 Å². The van der Waals surface area contributed by atoms with Crippen molar-refractivity contribution in [2.24, 2.45) is 0 Å². The van der Waals surface area contributed by atoms with E-state index >= 15 is 0 Å². The maximum Gasteiger partial charge on any atom is 0.306 e. The van der Waals surface area contributed by atoms with E-state index in [1.807, 2.05) is 0 Å². The molecule has 0 spiro atoms. The minimum absolute atomic E-state index is 0.0829. The Balaban J connectivity index is 4.25. The number of ether oxygens (including phenoxy) is 3. The third kappa shape index (κ3) is 55.1. The Labute approximate surface area is 426 Å². The highest BCUT2D eigenvalue weighted by molar-refractivity contribution is 5.71. The van der Waals surface area contributed by atoms with Gasteiger partial charge in [-0.1, -0.05) is 259 Å². The Hall–Kier alpha value is -3.67. The van der Waals surface area contributed by atoms with Gasteiger partial charge < -0.3 is 14.2 Å². The summed E-state index contributed by atoms with van der Waals surface area (Å²) in [6.45, 7) is 6.48. The maximum absolute atomic E-state index is 12.8. The van der Waals surface area contributed by atoms with E-state index in [0.717, 1.165) is 122 Å². The zero-order chi connectivity index (χ0) is 50.0. The van der Waals surface area contributed by atoms with E-state index in [1.54, 1.807) is 0 Å². The number of rotatable bonds is 51. The van der Waals surface area contributed by atoms with Gasteiger partial charge >= 0.3 is 17.9 Å². The number of esters is 3. The zero-order valence-corrected chi connectivity index (χ0v) is 45.0. The summed E-state index contributed by atoms with van der Waals surface area (Å²) in [5.41, 5.74) is 0. The Morgan fingerprint density at radius 1 is 0.304 bits per heavy atom. The van der Waals surface area contributed by atoms with Crippen molar-refractivity contribution in [1.29, 1.82) is 0 Å². The molecular weight excluding hydrogens is 853 g/mol. The monoisotopic (exact) mass is 959 g/mol. The van der Waals surface area contributed by atoms with Crippen molar-refractivity contribution in [3.63, 3.8) is 0 Å². The fraction of sp³-hybridized carbons (Fsp3) is 0.698. The lowest BCUT2D eigenvalue weighted by Gasteiger charge is -2.18. The van der Waals surface area contributed by atoms with Crippen LogP contribution < -0.4 is 0 Å². The van der Waals surface area contributed by atoms with Gasteiger partial charge in [0.25, 0.3) is 0 Å². The highest BCUT2D eigenvalue weighted by Crippen LogP contribution is 2.15. The summed E-state index contributed by atoms with van der Waals surface area (Å²) >= 11 is 0. The minimum atomic E-state index is -0.783. The van der Waals surface area contributed by atoms with Crippen LogP contribution in [0.1, 0.15) is 265 Å². The van der Waals surface area contributed by atoms with Crippen LogP contribution in [0.15, 0.2) is 97.2 Å². The fourth-order valence-electron chi connectivity index (χ4n) is 7.81. The van der Waals surface area contributed by atoms with Crippen LogP contribution in [0.5, 0.6) is 0 Å². The van der Waals surface area contributed by atoms with Crippen LogP contribution in [-0.2, 0) is 28.6 Å². The van der Waals surface area contributed by atoms with E-state index in [0.29, 0.717) is 19.3 Å². The van der Waals surface area contributed by atoms with Gasteiger partial charge in [0.05, 0.1) is 0 Å². The lowest BCUT2D eigenvalue weighted by atomic mass is 10.0. The van der Waals surface area contributed by atoms with Gasteiger partial charge in [-0.25, -0.2) is 0 Å². The lowest BCUT2D eigenvalue weighted by Crippen LogP contribution is -2.30. The second kappa shape index (κ2) is 56.9. The first-order valence-electron chi connectivity index (χ1n) is 28.7. The van der Waals surface area contributed by atoms with Crippen molar-refractivity contribution < 1.29 is 28.6 Å². The number of hydrogen-bond acceptors (Lipinski definition) is 6. The number of allylic oxidation sites excluding steroid dienone is 16. The molecule has 0 amide bonds. The Morgan fingerprint density at radius 3 is 0.884 bits per heavy atom. The summed E-state index contributed by atoms with van der Waals surface area (Å²) in [5.74, 6) is -0.910. The SMILES string of the molecule is CC/C=C\C/C=C\C/C=C\C/C=C\C/C=C\C/C=C\C/C=C\C/C=C\CCCCCCC(=O)OCC(COC(=O)CCCCCCCCCC)OC(=O)CCCCCCCCCCCCCCCC. The molecule has 1 unspecified atom stereocenters. The highest BCUT2D eigenvalue weighted by Gasteiger charge is 2.19. The van der Waals surface area contributed by atoms with Gasteiger partial charge in [-0.05, 0) is 83.5 Å². The summed E-state index contributed by atoms with van der Waals surface area (Å²) in [6, 6.07) is 0. The van der Waals surface area contributed by atoms with E-state index in [1.165, 1.54) is 103 Å². The van der Waals surface area contributed by atoms with E-state index in [4.69, 9.17) is 14.2 Å². The van der Waals surface area contributed by atoms with Crippen LogP contribution in [0, 0.1) is 0 Å². The quantitative estimate of drug-likeness (QED) is 0.0262. The molecule has 1 atom stereocenters. The van der Waals surface area contributed by atoms with Crippen LogP contribution >= 0.6 is 0 Å². The molecule has 394 valence electrons. The fourth-order valence-corrected chi connectivity index (χ4v) is 7.81. The van der Waals surface area contributed by atoms with Crippen LogP contribution in [0.2, 0.25) is 0 Å². The first-order valence-corrected chi connectivity index (χ1v) is 28.7. The van der Waals surface area contributed by atoms with E-state index < -0.39 is 6.10 Å². The molecule has 0 aromatic rings. The van der Waals surface area contributed by atoms with Crippen molar-refractivity contribution in [1.82, 2.24) is 0 Å². The highest BCUT2D eigenvalue weighted by atomic mass is 16.6. The van der Waals surface area contributed by atoms with Crippen LogP contribution in [0.4, 0.5) is 0 Å². The third-order valence-electron chi connectivity index (χ3n) is 12.1. The second-order valence-electron chi connectivity index (χ2n) is 18.8. The summed E-state index contributed by atoms with van der Waals surface area (Å²) in [7, 11) is 0. The number of unbranched alkanes of at least 4 members (excludes halogenated alkanes) is 24. The molecule has 0 rings (SSSR count). The molecule has 69 heavy (non-hydrogen) atoms. The average molecular weight is 960 g/mol. The van der Waals surface area contributed by atoms with Crippen LogP contribution in [-0.4, -0.2) is 37.2 Å². The molecule has 6 nitrogen and oxygen atoms in total. The number of hydrogen-bond donors (Lipinski definition) is 0. The Morgan fingerprint density at radius 2 is 0.565 bits per heavy atom. The Kier molecular flexibility index (Phi) is 53.9. The van der Waals surface area contributed by atoms with E-state index in [-0.39, 0.29) is 31.1 Å². The molecular formula is C63H106O6. The van der Waals surface area contributed by atoms with E-state index in [2.05, 4.69) is 118 Å². The molecule has 0 aliphatic heterocycles. The molecule has 6 heteroatoms. The van der Waals surface area contributed by atoms with Crippen molar-refractivity contribution in [3.05, 3.63) is 97.2 Å². The lowest BCUT2D eigenvalue weighted by molar-refractivity contribution is -0.167. The largest absolute Gasteiger partial charge is 0.462 e. The van der Waals surface area contributed by atoms with Crippen molar-refractivity contribution in [2.45, 2.75) is 271 Å². The Bertz CT molecular complexity index is 1380. The smallest absolute Gasteiger partial charge is 0.306 e. The summed E-state index contributed by atoms with van der Waals surface area (Å²) in [4.78, 5) is 37.9. The van der Waals surface area contributed by atoms with E-state index in [9.17, 15) is 14.4 Å². The van der Waals surface area contributed by atoms with Gasteiger partial charge in [0.15, 0.2) is 6.10 Å². The molecule has 0 N–H and O–H groups in total. The van der Waals surface area contributed by atoms with Crippen molar-refractivity contribution in [2.75, 3.05) is 13.2 Å². The molecule has 0 aliphatic rings. The normalized spacial score (nSPS) is 12.8. The van der Waals surface area contributed by atoms with Gasteiger partial charge in [-0.15, -0.1) is 0 Å². The molecule has 0 saturated carbocycles. The van der Waals surface area contributed by atoms with Crippen LogP contribution in [0.3, 0.4) is 0 Å². The average Bonchev–Trinajstić information content (AvgIpc) is 3.35. The maximum atomic E-state index is 12.8. The summed E-state index contributed by atoms with van der Waals surface area (Å²) < 4.78 is 16.8. The molecule has 0 aromatic heterocycles. The van der Waals surface area contributed by atoms with Crippen LogP contribution in [0.25, 0.3) is 0 Å². The molecule has 0 bridgehead atoms. The topological polar surface area (TPSA) is 78.9 Å². The van der Waals surface area contributed by atoms with Gasteiger partial charge in [-0.3, -0.25) is 14.4 Å². The molecule has 0 saturated heterocycles. The predicted octanol–water partition coefficient (Wildman–Crippen LogP) is 19.3. The molecule has 0 aromatic carbocycles. The van der Waals surface area contributed by atoms with Crippen molar-refractivity contribution in [3.8, 4) is 0 Å². The molecule has 0 fully saturated rings. The van der Waals surface area contributed by atoms with Gasteiger partial charge in [-0.2, -0.15) is 0 Å². The van der Waals surface area contributed by atoms with Crippen molar-refractivity contribution >= 4 is 17.9 Å². The first-order chi connectivity index (χ1) is 34.0. The predicted molar refractivity (Wildman–Crippen MR) is 297 cm³/mol. The van der Waals surface area contributed by atoms with Gasteiger partial charge in [0, 0.05) is 19.3 Å².